The summed E-state index contributed by atoms with van der Waals surface area (Å²) in [6.45, 7) is 1.50. The lowest BCUT2D eigenvalue weighted by atomic mass is 10.0. The minimum atomic E-state index is -4.79. The molecule has 11 heavy (non-hydrogen) atoms. The van der Waals surface area contributed by atoms with Crippen molar-refractivity contribution in [2.45, 2.75) is 31.6 Å². The van der Waals surface area contributed by atoms with Gasteiger partial charge in [-0.3, -0.25) is 0 Å². The van der Waals surface area contributed by atoms with Gasteiger partial charge in [-0.2, -0.15) is 25.8 Å². The molecule has 0 amide bonds. The highest BCUT2D eigenvalue weighted by Gasteiger charge is 2.53. The molecule has 0 heterocycles. The SMILES string of the molecule is CCCC(F)(CS)C(F)(F)F. The fraction of sp³-hybridized carbons (Fsp3) is 1.00. The Morgan fingerprint density at radius 2 is 1.64 bits per heavy atom. The molecule has 0 aromatic carbocycles. The van der Waals surface area contributed by atoms with Crippen molar-refractivity contribution >= 4 is 12.6 Å². The molecular formula is C6H10F4S. The Hall–Kier alpha value is 0.0700. The molecule has 0 aromatic heterocycles. The van der Waals surface area contributed by atoms with Gasteiger partial charge in [-0.15, -0.1) is 0 Å². The quantitative estimate of drug-likeness (QED) is 0.513. The predicted molar refractivity (Wildman–Crippen MR) is 38.7 cm³/mol. The van der Waals surface area contributed by atoms with Crippen LogP contribution >= 0.6 is 12.6 Å². The molecule has 0 radical (unpaired) electrons. The van der Waals surface area contributed by atoms with Crippen LogP contribution in [-0.2, 0) is 0 Å². The van der Waals surface area contributed by atoms with Crippen LogP contribution < -0.4 is 0 Å². The van der Waals surface area contributed by atoms with Crippen LogP contribution in [0.25, 0.3) is 0 Å². The lowest BCUT2D eigenvalue weighted by molar-refractivity contribution is -0.223. The number of rotatable bonds is 3. The second kappa shape index (κ2) is 3.65. The van der Waals surface area contributed by atoms with Crippen molar-refractivity contribution in [3.63, 3.8) is 0 Å². The molecule has 0 aliphatic rings. The largest absolute Gasteiger partial charge is 0.423 e. The zero-order chi connectivity index (χ0) is 9.12. The van der Waals surface area contributed by atoms with Gasteiger partial charge in [0.05, 0.1) is 0 Å². The van der Waals surface area contributed by atoms with Crippen LogP contribution in [0.1, 0.15) is 19.8 Å². The molecular weight excluding hydrogens is 180 g/mol. The highest BCUT2D eigenvalue weighted by molar-refractivity contribution is 7.80. The standard InChI is InChI=1S/C6H10F4S/c1-2-3-5(7,4-11)6(8,9)10/h11H,2-4H2,1H3. The number of halogens is 4. The summed E-state index contributed by atoms with van der Waals surface area (Å²) in [7, 11) is 0. The van der Waals surface area contributed by atoms with E-state index in [1.54, 1.807) is 0 Å². The van der Waals surface area contributed by atoms with Crippen molar-refractivity contribution in [2.75, 3.05) is 5.75 Å². The lowest BCUT2D eigenvalue weighted by Crippen LogP contribution is -2.42. The van der Waals surface area contributed by atoms with Gasteiger partial charge in [0, 0.05) is 5.75 Å². The van der Waals surface area contributed by atoms with Crippen molar-refractivity contribution in [3.8, 4) is 0 Å². The first kappa shape index (κ1) is 11.1. The molecule has 0 saturated carbocycles. The summed E-state index contributed by atoms with van der Waals surface area (Å²) in [6.07, 6.45) is -5.14. The van der Waals surface area contributed by atoms with Gasteiger partial charge in [0.2, 0.25) is 5.67 Å². The average molecular weight is 190 g/mol. The summed E-state index contributed by atoms with van der Waals surface area (Å²) in [5, 5.41) is 0. The van der Waals surface area contributed by atoms with Crippen molar-refractivity contribution < 1.29 is 17.6 Å². The zero-order valence-electron chi connectivity index (χ0n) is 6.08. The summed E-state index contributed by atoms with van der Waals surface area (Å²) in [5.41, 5.74) is -3.11. The van der Waals surface area contributed by atoms with Crippen LogP contribution in [0, 0.1) is 0 Å². The number of hydrogen-bond donors (Lipinski definition) is 1. The molecule has 0 N–H and O–H groups in total. The van der Waals surface area contributed by atoms with Crippen molar-refractivity contribution in [3.05, 3.63) is 0 Å². The first-order chi connectivity index (χ1) is 4.87. The van der Waals surface area contributed by atoms with Crippen LogP contribution in [-0.4, -0.2) is 17.6 Å². The van der Waals surface area contributed by atoms with E-state index in [9.17, 15) is 17.6 Å². The maximum absolute atomic E-state index is 12.8. The summed E-state index contributed by atoms with van der Waals surface area (Å²) < 4.78 is 48.4. The Morgan fingerprint density at radius 1 is 1.18 bits per heavy atom. The Morgan fingerprint density at radius 3 is 1.73 bits per heavy atom. The van der Waals surface area contributed by atoms with E-state index in [4.69, 9.17) is 0 Å². The van der Waals surface area contributed by atoms with E-state index in [2.05, 4.69) is 12.6 Å². The van der Waals surface area contributed by atoms with Gasteiger partial charge in [0.1, 0.15) is 0 Å². The summed E-state index contributed by atoms with van der Waals surface area (Å²) in [6, 6.07) is 0. The van der Waals surface area contributed by atoms with Crippen LogP contribution in [0.15, 0.2) is 0 Å². The average Bonchev–Trinajstić information content (AvgIpc) is 1.86. The summed E-state index contributed by atoms with van der Waals surface area (Å²) >= 11 is 3.33. The highest BCUT2D eigenvalue weighted by Crippen LogP contribution is 2.38. The fourth-order valence-electron chi connectivity index (χ4n) is 0.707. The van der Waals surface area contributed by atoms with Gasteiger partial charge < -0.3 is 0 Å². The van der Waals surface area contributed by atoms with Gasteiger partial charge in [-0.1, -0.05) is 13.3 Å². The van der Waals surface area contributed by atoms with Crippen LogP contribution in [0.3, 0.4) is 0 Å². The van der Waals surface area contributed by atoms with E-state index in [0.29, 0.717) is 0 Å². The zero-order valence-corrected chi connectivity index (χ0v) is 6.97. The Balaban J connectivity index is 4.33. The minimum Gasteiger partial charge on any atom is -0.233 e. The van der Waals surface area contributed by atoms with Crippen molar-refractivity contribution in [2.24, 2.45) is 0 Å². The summed E-state index contributed by atoms with van der Waals surface area (Å²) in [5.74, 6) is -0.801. The van der Waals surface area contributed by atoms with E-state index in [1.807, 2.05) is 0 Å². The molecule has 0 aliphatic carbocycles. The number of hydrogen-bond acceptors (Lipinski definition) is 1. The first-order valence-electron chi connectivity index (χ1n) is 3.24. The van der Waals surface area contributed by atoms with E-state index < -0.39 is 24.0 Å². The highest BCUT2D eigenvalue weighted by atomic mass is 32.1. The third-order valence-electron chi connectivity index (χ3n) is 1.40. The van der Waals surface area contributed by atoms with Gasteiger partial charge in [0.25, 0.3) is 0 Å². The molecule has 0 saturated heterocycles. The number of thiol groups is 1. The molecule has 5 heteroatoms. The normalized spacial score (nSPS) is 18.0. The second-order valence-corrected chi connectivity index (χ2v) is 2.69. The fourth-order valence-corrected chi connectivity index (χ4v) is 1.04. The molecule has 1 atom stereocenters. The molecule has 1 unspecified atom stereocenters. The van der Waals surface area contributed by atoms with Gasteiger partial charge in [0.15, 0.2) is 0 Å². The summed E-state index contributed by atoms with van der Waals surface area (Å²) in [4.78, 5) is 0. The molecule has 0 fully saturated rings. The molecule has 0 rings (SSSR count). The van der Waals surface area contributed by atoms with E-state index >= 15 is 0 Å². The van der Waals surface area contributed by atoms with Crippen LogP contribution in [0.4, 0.5) is 17.6 Å². The second-order valence-electron chi connectivity index (χ2n) is 2.37. The Labute approximate surface area is 68.4 Å². The maximum atomic E-state index is 12.8. The number of alkyl halides is 4. The van der Waals surface area contributed by atoms with Crippen LogP contribution in [0.2, 0.25) is 0 Å². The van der Waals surface area contributed by atoms with E-state index in [-0.39, 0.29) is 6.42 Å². The minimum absolute atomic E-state index is 0.163. The topological polar surface area (TPSA) is 0 Å². The molecule has 0 spiro atoms. The van der Waals surface area contributed by atoms with Gasteiger partial charge in [-0.05, 0) is 6.42 Å². The molecule has 0 aliphatic heterocycles. The smallest absolute Gasteiger partial charge is 0.233 e. The third kappa shape index (κ3) is 2.54. The molecule has 68 valence electrons. The third-order valence-corrected chi connectivity index (χ3v) is 1.91. The molecule has 0 nitrogen and oxygen atoms in total. The Bertz CT molecular complexity index is 122. The molecule has 0 aromatic rings. The molecule has 0 bridgehead atoms. The van der Waals surface area contributed by atoms with Crippen molar-refractivity contribution in [1.82, 2.24) is 0 Å². The van der Waals surface area contributed by atoms with E-state index in [0.717, 1.165) is 0 Å². The lowest BCUT2D eigenvalue weighted by Gasteiger charge is -2.25. The van der Waals surface area contributed by atoms with E-state index in [1.165, 1.54) is 6.92 Å². The van der Waals surface area contributed by atoms with Gasteiger partial charge >= 0.3 is 6.18 Å². The van der Waals surface area contributed by atoms with Crippen LogP contribution in [0.5, 0.6) is 0 Å². The van der Waals surface area contributed by atoms with Crippen molar-refractivity contribution in [1.29, 1.82) is 0 Å². The predicted octanol–water partition coefficient (Wildman–Crippen LogP) is 2.99. The Kier molecular flexibility index (Phi) is 3.67. The van der Waals surface area contributed by atoms with Gasteiger partial charge in [-0.25, -0.2) is 4.39 Å². The first-order valence-corrected chi connectivity index (χ1v) is 3.87. The monoisotopic (exact) mass is 190 g/mol. The maximum Gasteiger partial charge on any atom is 0.423 e.